The maximum absolute atomic E-state index is 13.5. The molecule has 1 aromatic heterocycles. The van der Waals surface area contributed by atoms with Gasteiger partial charge in [0.1, 0.15) is 11.4 Å². The van der Waals surface area contributed by atoms with Crippen molar-refractivity contribution >= 4 is 80.9 Å². The third kappa shape index (κ3) is 9.02. The number of aromatic nitrogens is 1. The van der Waals surface area contributed by atoms with E-state index in [0.717, 1.165) is 21.9 Å². The van der Waals surface area contributed by atoms with E-state index in [4.69, 9.17) is 27.9 Å². The fourth-order valence-electron chi connectivity index (χ4n) is 4.27. The Morgan fingerprint density at radius 3 is 2.30 bits per heavy atom. The highest BCUT2D eigenvalue weighted by Crippen LogP contribution is 2.30. The van der Waals surface area contributed by atoms with Crippen LogP contribution in [0.4, 0.5) is 10.8 Å². The molecule has 47 heavy (non-hydrogen) atoms. The number of carbonyl (C=O) groups excluding carboxylic acids is 3. The summed E-state index contributed by atoms with van der Waals surface area (Å²) >= 11 is 15.4. The van der Waals surface area contributed by atoms with Crippen molar-refractivity contribution in [3.8, 4) is 17.0 Å². The summed E-state index contributed by atoms with van der Waals surface area (Å²) in [4.78, 5) is 44.8. The van der Waals surface area contributed by atoms with Gasteiger partial charge in [-0.15, -0.1) is 23.1 Å². The highest BCUT2D eigenvalue weighted by Gasteiger charge is 2.19. The molecule has 238 valence electrons. The van der Waals surface area contributed by atoms with Crippen molar-refractivity contribution in [3.05, 3.63) is 129 Å². The molecule has 8 nitrogen and oxygen atoms in total. The van der Waals surface area contributed by atoms with Crippen molar-refractivity contribution < 1.29 is 19.1 Å². The number of hydrogen-bond donors (Lipinski definition) is 3. The number of thiazole rings is 1. The molecule has 0 spiro atoms. The Hall–Kier alpha value is -4.61. The lowest BCUT2D eigenvalue weighted by Crippen LogP contribution is -2.30. The number of amides is 3. The Bertz CT molecular complexity index is 1910. The number of nitrogens with zero attached hydrogens (tertiary/aromatic N) is 1. The van der Waals surface area contributed by atoms with Crippen molar-refractivity contribution in [2.24, 2.45) is 0 Å². The van der Waals surface area contributed by atoms with Crippen LogP contribution in [-0.2, 0) is 9.59 Å². The number of anilines is 2. The monoisotopic (exact) mass is 702 g/mol. The van der Waals surface area contributed by atoms with Crippen molar-refractivity contribution in [2.45, 2.75) is 17.1 Å². The van der Waals surface area contributed by atoms with Crippen molar-refractivity contribution in [1.29, 1.82) is 0 Å². The molecule has 3 amide bonds. The molecule has 4 aromatic carbocycles. The number of rotatable bonds is 11. The number of benzene rings is 4. The Morgan fingerprint density at radius 2 is 1.60 bits per heavy atom. The van der Waals surface area contributed by atoms with E-state index in [9.17, 15) is 14.4 Å². The van der Waals surface area contributed by atoms with Gasteiger partial charge in [0.2, 0.25) is 5.91 Å². The predicted molar refractivity (Wildman–Crippen MR) is 191 cm³/mol. The number of hydrogen-bond acceptors (Lipinski definition) is 7. The van der Waals surface area contributed by atoms with E-state index in [0.29, 0.717) is 32.0 Å². The molecule has 0 radical (unpaired) electrons. The molecule has 0 aliphatic carbocycles. The second-order valence-electron chi connectivity index (χ2n) is 10.0. The number of halogens is 2. The van der Waals surface area contributed by atoms with Crippen LogP contribution >= 0.6 is 46.3 Å². The molecule has 0 saturated carbocycles. The molecule has 0 saturated heterocycles. The molecular weight excluding hydrogens is 675 g/mol. The lowest BCUT2D eigenvalue weighted by Gasteiger charge is -2.14. The van der Waals surface area contributed by atoms with E-state index in [1.165, 1.54) is 29.2 Å². The van der Waals surface area contributed by atoms with Crippen LogP contribution in [0.1, 0.15) is 22.8 Å². The summed E-state index contributed by atoms with van der Waals surface area (Å²) in [5.74, 6) is -0.531. The molecule has 1 atom stereocenters. The molecule has 1 unspecified atom stereocenters. The molecule has 0 aliphatic heterocycles. The first kappa shape index (κ1) is 33.7. The van der Waals surface area contributed by atoms with Crippen LogP contribution in [0.2, 0.25) is 10.0 Å². The van der Waals surface area contributed by atoms with Gasteiger partial charge >= 0.3 is 0 Å². The van der Waals surface area contributed by atoms with E-state index in [1.54, 1.807) is 80.8 Å². The number of methoxy groups -OCH3 is 1. The third-order valence-corrected chi connectivity index (χ3v) is 9.22. The normalized spacial score (nSPS) is 11.8. The van der Waals surface area contributed by atoms with Gasteiger partial charge in [-0.05, 0) is 79.7 Å². The van der Waals surface area contributed by atoms with Gasteiger partial charge in [-0.2, -0.15) is 0 Å². The molecule has 5 aromatic rings. The van der Waals surface area contributed by atoms with E-state index < -0.39 is 17.1 Å². The van der Waals surface area contributed by atoms with E-state index >= 15 is 0 Å². The van der Waals surface area contributed by atoms with Gasteiger partial charge in [-0.3, -0.25) is 14.4 Å². The van der Waals surface area contributed by atoms with Crippen molar-refractivity contribution in [2.75, 3.05) is 17.7 Å². The van der Waals surface area contributed by atoms with Crippen LogP contribution in [0, 0.1) is 0 Å². The SMILES string of the molecule is COc1ccc(-c2csc(NC(=O)C(C)Sc3cccc(NC(=O)/C(=C\c4c(Cl)cccc4Cl)NC(=O)c4ccccc4)c3)n2)cc1. The summed E-state index contributed by atoms with van der Waals surface area (Å²) in [7, 11) is 1.61. The maximum atomic E-state index is 13.5. The summed E-state index contributed by atoms with van der Waals surface area (Å²) in [6.07, 6.45) is 1.44. The largest absolute Gasteiger partial charge is 0.497 e. The van der Waals surface area contributed by atoms with Crippen molar-refractivity contribution in [1.82, 2.24) is 10.3 Å². The van der Waals surface area contributed by atoms with E-state index in [2.05, 4.69) is 20.9 Å². The summed E-state index contributed by atoms with van der Waals surface area (Å²) < 4.78 is 5.21. The molecular formula is C35H28Cl2N4O4S2. The molecule has 0 bridgehead atoms. The molecule has 1 heterocycles. The second-order valence-corrected chi connectivity index (χ2v) is 13.1. The zero-order valence-corrected chi connectivity index (χ0v) is 28.3. The number of carbonyl (C=O) groups is 3. The fourth-order valence-corrected chi connectivity index (χ4v) is 6.43. The van der Waals surface area contributed by atoms with Crippen LogP contribution < -0.4 is 20.7 Å². The second kappa shape index (κ2) is 15.8. The standard InChI is InChI=1S/C35H28Cl2N4O4S2/c1-21(32(42)41-35-40-31(20-46-35)22-14-16-25(45-2)17-15-22)47-26-11-6-10-24(18-26)38-34(44)30(19-27-28(36)12-7-13-29(27)37)39-33(43)23-8-4-3-5-9-23/h3-21H,1-2H3,(H,38,44)(H,39,43)(H,40,41,42)/b30-19+. The zero-order valence-electron chi connectivity index (χ0n) is 25.1. The first-order valence-electron chi connectivity index (χ1n) is 14.2. The molecule has 0 fully saturated rings. The minimum Gasteiger partial charge on any atom is -0.497 e. The van der Waals surface area contributed by atoms with Gasteiger partial charge in [-0.25, -0.2) is 4.98 Å². The highest BCUT2D eigenvalue weighted by atomic mass is 35.5. The lowest BCUT2D eigenvalue weighted by atomic mass is 10.1. The fraction of sp³-hybridized carbons (Fsp3) is 0.0857. The predicted octanol–water partition coefficient (Wildman–Crippen LogP) is 8.65. The van der Waals surface area contributed by atoms with E-state index in [-0.39, 0.29) is 11.6 Å². The molecule has 12 heteroatoms. The molecule has 3 N–H and O–H groups in total. The van der Waals surface area contributed by atoms with E-state index in [1.807, 2.05) is 35.7 Å². The summed E-state index contributed by atoms with van der Waals surface area (Å²) in [6, 6.07) is 28.1. The minimum absolute atomic E-state index is 0.0582. The molecule has 5 rings (SSSR count). The zero-order chi connectivity index (χ0) is 33.3. The summed E-state index contributed by atoms with van der Waals surface area (Å²) in [6.45, 7) is 1.79. The quantitative estimate of drug-likeness (QED) is 0.0939. The molecule has 0 aliphatic rings. The van der Waals surface area contributed by atoms with Gasteiger partial charge < -0.3 is 20.7 Å². The average Bonchev–Trinajstić information content (AvgIpc) is 3.54. The van der Waals surface area contributed by atoms with Gasteiger partial charge in [0.15, 0.2) is 5.13 Å². The van der Waals surface area contributed by atoms with Gasteiger partial charge in [-0.1, -0.05) is 53.5 Å². The minimum atomic E-state index is -0.588. The van der Waals surface area contributed by atoms with Gasteiger partial charge in [0.25, 0.3) is 11.8 Å². The smallest absolute Gasteiger partial charge is 0.272 e. The summed E-state index contributed by atoms with van der Waals surface area (Å²) in [5, 5.41) is 10.9. The number of thioether (sulfide) groups is 1. The highest BCUT2D eigenvalue weighted by molar-refractivity contribution is 8.00. The Balaban J connectivity index is 1.26. The third-order valence-electron chi connectivity index (χ3n) is 6.71. The van der Waals surface area contributed by atoms with Crippen LogP contribution in [-0.4, -0.2) is 35.1 Å². The lowest BCUT2D eigenvalue weighted by molar-refractivity contribution is -0.115. The Labute approximate surface area is 290 Å². The average molecular weight is 704 g/mol. The topological polar surface area (TPSA) is 109 Å². The van der Waals surface area contributed by atoms with Gasteiger partial charge in [0, 0.05) is 42.7 Å². The Kier molecular flexibility index (Phi) is 11.3. The first-order valence-corrected chi connectivity index (χ1v) is 16.7. The van der Waals surface area contributed by atoms with Crippen LogP contribution in [0.15, 0.2) is 113 Å². The van der Waals surface area contributed by atoms with Crippen LogP contribution in [0.5, 0.6) is 5.75 Å². The Morgan fingerprint density at radius 1 is 0.894 bits per heavy atom. The number of nitrogens with one attached hydrogen (secondary N) is 3. The maximum Gasteiger partial charge on any atom is 0.272 e. The summed E-state index contributed by atoms with van der Waals surface area (Å²) in [5.41, 5.74) is 2.82. The number of ether oxygens (including phenoxy) is 1. The van der Waals surface area contributed by atoms with Gasteiger partial charge in [0.05, 0.1) is 18.1 Å². The first-order chi connectivity index (χ1) is 22.7. The van der Waals surface area contributed by atoms with Crippen LogP contribution in [0.25, 0.3) is 17.3 Å². The van der Waals surface area contributed by atoms with Crippen LogP contribution in [0.3, 0.4) is 0 Å². The van der Waals surface area contributed by atoms with Crippen molar-refractivity contribution in [3.63, 3.8) is 0 Å².